The summed E-state index contributed by atoms with van der Waals surface area (Å²) in [6, 6.07) is 15.8. The summed E-state index contributed by atoms with van der Waals surface area (Å²) in [5.74, 6) is 0.664. The largest absolute Gasteiger partial charge is 0.348 e. The average Bonchev–Trinajstić information content (AvgIpc) is 3.31. The highest BCUT2D eigenvalue weighted by atomic mass is 32.2. The fourth-order valence-electron chi connectivity index (χ4n) is 3.16. The number of anilines is 1. The van der Waals surface area contributed by atoms with Gasteiger partial charge in [0.15, 0.2) is 0 Å². The van der Waals surface area contributed by atoms with E-state index in [1.54, 1.807) is 23.1 Å². The molecule has 2 heterocycles. The molecule has 1 N–H and O–H groups in total. The van der Waals surface area contributed by atoms with Gasteiger partial charge in [0.05, 0.1) is 16.3 Å². The molecule has 0 spiro atoms. The first-order valence-electron chi connectivity index (χ1n) is 9.17. The Hall–Kier alpha value is -2.57. The van der Waals surface area contributed by atoms with Gasteiger partial charge in [0.1, 0.15) is 0 Å². The molecule has 142 valence electrons. The third-order valence-corrected chi connectivity index (χ3v) is 6.47. The van der Waals surface area contributed by atoms with Crippen molar-refractivity contribution in [2.75, 3.05) is 5.32 Å². The zero-order valence-corrected chi connectivity index (χ0v) is 17.4. The van der Waals surface area contributed by atoms with Crippen LogP contribution >= 0.6 is 23.1 Å². The second kappa shape index (κ2) is 8.20. The summed E-state index contributed by atoms with van der Waals surface area (Å²) in [6.45, 7) is 5.06. The van der Waals surface area contributed by atoms with Crippen LogP contribution in [0.25, 0.3) is 10.9 Å². The average molecular weight is 408 g/mol. The van der Waals surface area contributed by atoms with E-state index in [1.165, 1.54) is 5.52 Å². The molecule has 0 saturated carbocycles. The number of hydrogen-bond donors (Lipinski definition) is 1. The highest BCUT2D eigenvalue weighted by molar-refractivity contribution is 7.98. The monoisotopic (exact) mass is 407 g/mol. The minimum atomic E-state index is -0.0909. The van der Waals surface area contributed by atoms with E-state index in [0.29, 0.717) is 5.56 Å². The van der Waals surface area contributed by atoms with Gasteiger partial charge >= 0.3 is 0 Å². The lowest BCUT2D eigenvalue weighted by molar-refractivity contribution is 0.102. The standard InChI is InChI=1S/C22H21N3OS2/c1-3-25-11-10-16-12-17(8-9-20(16)25)24-22(26)19-6-4-5-7-21(19)28-14-18-13-27-15(2)23-18/h4-13H,3,14H2,1-2H3,(H,24,26). The Morgan fingerprint density at radius 1 is 1.21 bits per heavy atom. The van der Waals surface area contributed by atoms with Gasteiger partial charge in [-0.15, -0.1) is 23.1 Å². The van der Waals surface area contributed by atoms with Crippen molar-refractivity contribution in [2.45, 2.75) is 31.0 Å². The van der Waals surface area contributed by atoms with Crippen LogP contribution in [0.5, 0.6) is 0 Å². The summed E-state index contributed by atoms with van der Waals surface area (Å²) in [5, 5.41) is 7.31. The number of carbonyl (C=O) groups is 1. The maximum absolute atomic E-state index is 12.9. The van der Waals surface area contributed by atoms with Crippen molar-refractivity contribution in [3.63, 3.8) is 0 Å². The first-order chi connectivity index (χ1) is 13.6. The molecule has 0 atom stereocenters. The Bertz CT molecular complexity index is 1130. The van der Waals surface area contributed by atoms with E-state index in [2.05, 4.69) is 45.5 Å². The Kier molecular flexibility index (Phi) is 5.50. The predicted molar refractivity (Wildman–Crippen MR) is 118 cm³/mol. The number of fused-ring (bicyclic) bond motifs is 1. The van der Waals surface area contributed by atoms with Crippen molar-refractivity contribution in [3.8, 4) is 0 Å². The second-order valence-electron chi connectivity index (χ2n) is 6.47. The molecule has 0 unspecified atom stereocenters. The number of thioether (sulfide) groups is 1. The van der Waals surface area contributed by atoms with Crippen LogP contribution in [-0.2, 0) is 12.3 Å². The Morgan fingerprint density at radius 2 is 2.07 bits per heavy atom. The summed E-state index contributed by atoms with van der Waals surface area (Å²) in [4.78, 5) is 18.4. The fourth-order valence-corrected chi connectivity index (χ4v) is 4.82. The summed E-state index contributed by atoms with van der Waals surface area (Å²) in [7, 11) is 0. The molecule has 4 rings (SSSR count). The molecular weight excluding hydrogens is 386 g/mol. The molecule has 0 aliphatic heterocycles. The van der Waals surface area contributed by atoms with Gasteiger partial charge < -0.3 is 9.88 Å². The number of carbonyl (C=O) groups excluding carboxylic acids is 1. The number of rotatable bonds is 6. The van der Waals surface area contributed by atoms with Gasteiger partial charge in [-0.2, -0.15) is 0 Å². The van der Waals surface area contributed by atoms with E-state index in [4.69, 9.17) is 0 Å². The van der Waals surface area contributed by atoms with Gasteiger partial charge in [-0.3, -0.25) is 4.79 Å². The Balaban J connectivity index is 1.51. The highest BCUT2D eigenvalue weighted by Crippen LogP contribution is 2.28. The van der Waals surface area contributed by atoms with Gasteiger partial charge in [-0.1, -0.05) is 12.1 Å². The van der Waals surface area contributed by atoms with Crippen LogP contribution in [0.15, 0.2) is 65.0 Å². The normalized spacial score (nSPS) is 11.1. The third kappa shape index (κ3) is 3.98. The van der Waals surface area contributed by atoms with Gasteiger partial charge in [0.2, 0.25) is 0 Å². The number of nitrogens with one attached hydrogen (secondary N) is 1. The zero-order chi connectivity index (χ0) is 19.5. The number of hydrogen-bond acceptors (Lipinski definition) is 4. The SMILES string of the molecule is CCn1ccc2cc(NC(=O)c3ccccc3SCc3csc(C)n3)ccc21. The molecule has 0 saturated heterocycles. The van der Waals surface area contributed by atoms with Crippen LogP contribution < -0.4 is 5.32 Å². The molecule has 28 heavy (non-hydrogen) atoms. The van der Waals surface area contributed by atoms with Gasteiger partial charge in [-0.05, 0) is 50.2 Å². The van der Waals surface area contributed by atoms with Crippen molar-refractivity contribution in [2.24, 2.45) is 0 Å². The lowest BCUT2D eigenvalue weighted by atomic mass is 10.2. The topological polar surface area (TPSA) is 46.9 Å². The van der Waals surface area contributed by atoms with E-state index in [1.807, 2.05) is 43.3 Å². The lowest BCUT2D eigenvalue weighted by Crippen LogP contribution is -2.13. The highest BCUT2D eigenvalue weighted by Gasteiger charge is 2.13. The molecule has 0 bridgehead atoms. The summed E-state index contributed by atoms with van der Waals surface area (Å²) < 4.78 is 2.19. The zero-order valence-electron chi connectivity index (χ0n) is 15.8. The van der Waals surface area contributed by atoms with Crippen LogP contribution in [0.1, 0.15) is 28.0 Å². The first kappa shape index (κ1) is 18.8. The van der Waals surface area contributed by atoms with E-state index in [0.717, 1.165) is 39.0 Å². The molecule has 6 heteroatoms. The fraction of sp³-hybridized carbons (Fsp3) is 0.182. The molecule has 4 aromatic rings. The van der Waals surface area contributed by atoms with E-state index >= 15 is 0 Å². The van der Waals surface area contributed by atoms with Crippen molar-refractivity contribution in [1.82, 2.24) is 9.55 Å². The van der Waals surface area contributed by atoms with E-state index in [9.17, 15) is 4.79 Å². The number of thiazole rings is 1. The maximum Gasteiger partial charge on any atom is 0.256 e. The Morgan fingerprint density at radius 3 is 2.86 bits per heavy atom. The molecule has 4 nitrogen and oxygen atoms in total. The number of aromatic nitrogens is 2. The molecule has 2 aromatic heterocycles. The quantitative estimate of drug-likeness (QED) is 0.401. The summed E-state index contributed by atoms with van der Waals surface area (Å²) >= 11 is 3.29. The summed E-state index contributed by atoms with van der Waals surface area (Å²) in [5.41, 5.74) is 3.72. The van der Waals surface area contributed by atoms with Crippen molar-refractivity contribution in [3.05, 3.63) is 76.4 Å². The van der Waals surface area contributed by atoms with E-state index < -0.39 is 0 Å². The first-order valence-corrected chi connectivity index (χ1v) is 11.0. The van der Waals surface area contributed by atoms with Crippen LogP contribution in [0.4, 0.5) is 5.69 Å². The number of aryl methyl sites for hydroxylation is 2. The van der Waals surface area contributed by atoms with Crippen molar-refractivity contribution in [1.29, 1.82) is 0 Å². The molecule has 2 aromatic carbocycles. The van der Waals surface area contributed by atoms with Crippen LogP contribution in [0, 0.1) is 6.92 Å². The van der Waals surface area contributed by atoms with Crippen LogP contribution in [-0.4, -0.2) is 15.5 Å². The molecule has 0 fully saturated rings. The van der Waals surface area contributed by atoms with Gasteiger partial charge in [0.25, 0.3) is 5.91 Å². The van der Waals surface area contributed by atoms with Crippen molar-refractivity contribution >= 4 is 45.6 Å². The lowest BCUT2D eigenvalue weighted by Gasteiger charge is -2.10. The number of amides is 1. The van der Waals surface area contributed by atoms with Crippen molar-refractivity contribution < 1.29 is 4.79 Å². The maximum atomic E-state index is 12.9. The van der Waals surface area contributed by atoms with Crippen LogP contribution in [0.3, 0.4) is 0 Å². The minimum Gasteiger partial charge on any atom is -0.348 e. The molecular formula is C22H21N3OS2. The summed E-state index contributed by atoms with van der Waals surface area (Å²) in [6.07, 6.45) is 2.07. The second-order valence-corrected chi connectivity index (χ2v) is 8.55. The predicted octanol–water partition coefficient (Wildman–Crippen LogP) is 5.97. The molecule has 1 amide bonds. The number of benzene rings is 2. The Labute approximate surface area is 172 Å². The minimum absolute atomic E-state index is 0.0909. The van der Waals surface area contributed by atoms with Crippen LogP contribution in [0.2, 0.25) is 0 Å². The molecule has 0 aliphatic carbocycles. The smallest absolute Gasteiger partial charge is 0.256 e. The van der Waals surface area contributed by atoms with Gasteiger partial charge in [-0.25, -0.2) is 4.98 Å². The number of nitrogens with zero attached hydrogens (tertiary/aromatic N) is 2. The molecule has 0 radical (unpaired) electrons. The third-order valence-electron chi connectivity index (χ3n) is 4.54. The van der Waals surface area contributed by atoms with Gasteiger partial charge in [0, 0.05) is 45.4 Å². The van der Waals surface area contributed by atoms with E-state index in [-0.39, 0.29) is 5.91 Å². The molecule has 0 aliphatic rings.